The Morgan fingerprint density at radius 3 is 2.39 bits per heavy atom. The SMILES string of the molecule is CC(=O)N[C@H]1[C@@H](OCc2ccccc2)O[C@@H]2CO[C@@H](c3ccccc3)O[C@H]2[C@@H]1OCC(=O)O. The van der Waals surface area contributed by atoms with Gasteiger partial charge < -0.3 is 34.1 Å². The fraction of sp³-hybridized carbons (Fsp3) is 0.417. The quantitative estimate of drug-likeness (QED) is 0.619. The maximum Gasteiger partial charge on any atom is 0.329 e. The maximum absolute atomic E-state index is 12.0. The van der Waals surface area contributed by atoms with E-state index in [9.17, 15) is 14.7 Å². The fourth-order valence-electron chi connectivity index (χ4n) is 4.00. The second-order valence-corrected chi connectivity index (χ2v) is 7.91. The number of hydrogen-bond acceptors (Lipinski definition) is 7. The Labute approximate surface area is 191 Å². The highest BCUT2D eigenvalue weighted by Gasteiger charge is 2.51. The van der Waals surface area contributed by atoms with E-state index in [1.54, 1.807) is 0 Å². The molecule has 176 valence electrons. The topological polar surface area (TPSA) is 113 Å². The predicted molar refractivity (Wildman–Crippen MR) is 115 cm³/mol. The van der Waals surface area contributed by atoms with E-state index in [1.807, 2.05) is 60.7 Å². The first kappa shape index (κ1) is 23.3. The predicted octanol–water partition coefficient (Wildman–Crippen LogP) is 2.02. The van der Waals surface area contributed by atoms with Crippen LogP contribution in [-0.2, 0) is 39.9 Å². The molecule has 2 fully saturated rings. The van der Waals surface area contributed by atoms with E-state index >= 15 is 0 Å². The van der Waals surface area contributed by atoms with Crippen molar-refractivity contribution in [1.82, 2.24) is 5.32 Å². The van der Waals surface area contributed by atoms with Crippen molar-refractivity contribution in [2.75, 3.05) is 13.2 Å². The molecule has 0 radical (unpaired) electrons. The number of carbonyl (C=O) groups is 2. The van der Waals surface area contributed by atoms with E-state index < -0.39 is 49.5 Å². The van der Waals surface area contributed by atoms with Gasteiger partial charge in [-0.25, -0.2) is 4.79 Å². The van der Waals surface area contributed by atoms with Gasteiger partial charge in [0, 0.05) is 12.5 Å². The minimum absolute atomic E-state index is 0.190. The van der Waals surface area contributed by atoms with Gasteiger partial charge in [0.1, 0.15) is 31.0 Å². The summed E-state index contributed by atoms with van der Waals surface area (Å²) in [6, 6.07) is 18.1. The van der Waals surface area contributed by atoms with Gasteiger partial charge in [0.15, 0.2) is 12.6 Å². The zero-order valence-corrected chi connectivity index (χ0v) is 18.2. The second-order valence-electron chi connectivity index (χ2n) is 7.91. The summed E-state index contributed by atoms with van der Waals surface area (Å²) in [5, 5.41) is 12.0. The van der Waals surface area contributed by atoms with Crippen LogP contribution in [0.15, 0.2) is 60.7 Å². The Morgan fingerprint density at radius 1 is 1.03 bits per heavy atom. The van der Waals surface area contributed by atoms with Crippen molar-refractivity contribution in [3.05, 3.63) is 71.8 Å². The van der Waals surface area contributed by atoms with Gasteiger partial charge in [0.2, 0.25) is 5.91 Å². The smallest absolute Gasteiger partial charge is 0.329 e. The van der Waals surface area contributed by atoms with Crippen molar-refractivity contribution < 1.29 is 38.4 Å². The van der Waals surface area contributed by atoms with Crippen LogP contribution in [0.3, 0.4) is 0 Å². The van der Waals surface area contributed by atoms with Gasteiger partial charge in [-0.05, 0) is 5.56 Å². The lowest BCUT2D eigenvalue weighted by Crippen LogP contribution is -2.67. The Morgan fingerprint density at radius 2 is 1.73 bits per heavy atom. The monoisotopic (exact) mass is 457 g/mol. The number of aliphatic carboxylic acids is 1. The first-order chi connectivity index (χ1) is 16.0. The van der Waals surface area contributed by atoms with E-state index in [4.69, 9.17) is 23.7 Å². The van der Waals surface area contributed by atoms with Crippen LogP contribution in [0, 0.1) is 0 Å². The summed E-state index contributed by atoms with van der Waals surface area (Å²) in [6.07, 6.45) is -3.66. The molecule has 0 bridgehead atoms. The van der Waals surface area contributed by atoms with Crippen LogP contribution in [-0.4, -0.2) is 60.8 Å². The standard InChI is InChI=1S/C24H27NO8/c1-15(26)25-20-22(29-14-19(27)28)21-18(13-31-23(33-21)17-10-6-3-7-11-17)32-24(20)30-12-16-8-4-2-5-9-16/h2-11,18,20-24H,12-14H2,1H3,(H,25,26)(H,27,28)/t18-,20-,21-,22-,23-,24+/m1/s1. The van der Waals surface area contributed by atoms with Gasteiger partial charge in [0.05, 0.1) is 13.2 Å². The molecule has 0 unspecified atom stereocenters. The molecular formula is C24H27NO8. The Kier molecular flexibility index (Phi) is 7.69. The highest BCUT2D eigenvalue weighted by molar-refractivity contribution is 5.73. The first-order valence-electron chi connectivity index (χ1n) is 10.7. The number of benzene rings is 2. The third-order valence-electron chi connectivity index (χ3n) is 5.44. The minimum atomic E-state index is -1.13. The molecule has 0 aliphatic carbocycles. The Balaban J connectivity index is 1.56. The molecule has 0 saturated carbocycles. The van der Waals surface area contributed by atoms with Gasteiger partial charge in [-0.3, -0.25) is 4.79 Å². The summed E-state index contributed by atoms with van der Waals surface area (Å²) >= 11 is 0. The summed E-state index contributed by atoms with van der Waals surface area (Å²) in [5.41, 5.74) is 1.74. The van der Waals surface area contributed by atoms with Crippen molar-refractivity contribution in [1.29, 1.82) is 0 Å². The van der Waals surface area contributed by atoms with Crippen LogP contribution in [0.25, 0.3) is 0 Å². The number of amides is 1. The van der Waals surface area contributed by atoms with Crippen molar-refractivity contribution in [3.8, 4) is 0 Å². The highest BCUT2D eigenvalue weighted by Crippen LogP contribution is 2.35. The number of ether oxygens (including phenoxy) is 5. The van der Waals surface area contributed by atoms with Crippen LogP contribution in [0.5, 0.6) is 0 Å². The van der Waals surface area contributed by atoms with Crippen molar-refractivity contribution in [3.63, 3.8) is 0 Å². The first-order valence-corrected chi connectivity index (χ1v) is 10.7. The van der Waals surface area contributed by atoms with Gasteiger partial charge in [-0.15, -0.1) is 0 Å². The summed E-state index contributed by atoms with van der Waals surface area (Å²) in [5.74, 6) is -1.46. The van der Waals surface area contributed by atoms with E-state index in [1.165, 1.54) is 6.92 Å². The lowest BCUT2D eigenvalue weighted by molar-refractivity contribution is -0.349. The molecule has 9 heteroatoms. The number of fused-ring (bicyclic) bond motifs is 1. The number of carbonyl (C=O) groups excluding carboxylic acids is 1. The zero-order chi connectivity index (χ0) is 23.2. The third-order valence-corrected chi connectivity index (χ3v) is 5.44. The van der Waals surface area contributed by atoms with Crippen molar-refractivity contribution >= 4 is 11.9 Å². The molecule has 33 heavy (non-hydrogen) atoms. The number of nitrogens with one attached hydrogen (secondary N) is 1. The van der Waals surface area contributed by atoms with E-state index in [-0.39, 0.29) is 19.1 Å². The number of rotatable bonds is 8. The molecule has 2 N–H and O–H groups in total. The largest absolute Gasteiger partial charge is 0.480 e. The van der Waals surface area contributed by atoms with Crippen LogP contribution in [0.2, 0.25) is 0 Å². The van der Waals surface area contributed by atoms with Crippen molar-refractivity contribution in [2.45, 2.75) is 50.5 Å². The molecule has 2 saturated heterocycles. The van der Waals surface area contributed by atoms with Crippen LogP contribution in [0.1, 0.15) is 24.3 Å². The Hall–Kier alpha value is -2.82. The number of carboxylic acids is 1. The number of carboxylic acid groups (broad SMARTS) is 1. The number of hydrogen-bond donors (Lipinski definition) is 2. The normalized spacial score (nSPS) is 29.1. The summed E-state index contributed by atoms with van der Waals surface area (Å²) in [7, 11) is 0. The lowest BCUT2D eigenvalue weighted by Gasteiger charge is -2.49. The lowest BCUT2D eigenvalue weighted by atomic mass is 9.95. The van der Waals surface area contributed by atoms with E-state index in [0.717, 1.165) is 11.1 Å². The van der Waals surface area contributed by atoms with E-state index in [2.05, 4.69) is 5.32 Å². The molecule has 0 spiro atoms. The molecule has 2 aliphatic rings. The Bertz CT molecular complexity index is 925. The molecule has 2 aliphatic heterocycles. The second kappa shape index (κ2) is 10.9. The van der Waals surface area contributed by atoms with Crippen LogP contribution < -0.4 is 5.32 Å². The van der Waals surface area contributed by atoms with Crippen LogP contribution >= 0.6 is 0 Å². The summed E-state index contributed by atoms with van der Waals surface area (Å²) < 4.78 is 29.9. The molecule has 2 aromatic carbocycles. The molecule has 0 aromatic heterocycles. The average Bonchev–Trinajstić information content (AvgIpc) is 2.82. The van der Waals surface area contributed by atoms with E-state index in [0.29, 0.717) is 0 Å². The van der Waals surface area contributed by atoms with Gasteiger partial charge >= 0.3 is 5.97 Å². The zero-order valence-electron chi connectivity index (χ0n) is 18.2. The van der Waals surface area contributed by atoms with Crippen LogP contribution in [0.4, 0.5) is 0 Å². The minimum Gasteiger partial charge on any atom is -0.480 e. The maximum atomic E-state index is 12.0. The summed E-state index contributed by atoms with van der Waals surface area (Å²) in [4.78, 5) is 23.3. The van der Waals surface area contributed by atoms with Gasteiger partial charge in [-0.2, -0.15) is 0 Å². The molecular weight excluding hydrogens is 430 g/mol. The molecule has 2 heterocycles. The molecule has 4 rings (SSSR count). The molecule has 2 aromatic rings. The average molecular weight is 457 g/mol. The fourth-order valence-corrected chi connectivity index (χ4v) is 4.00. The van der Waals surface area contributed by atoms with Crippen molar-refractivity contribution in [2.24, 2.45) is 0 Å². The van der Waals surface area contributed by atoms with Gasteiger partial charge in [0.25, 0.3) is 0 Å². The third kappa shape index (κ3) is 5.95. The molecule has 1 amide bonds. The molecule has 9 nitrogen and oxygen atoms in total. The highest BCUT2D eigenvalue weighted by atomic mass is 16.8. The summed E-state index contributed by atoms with van der Waals surface area (Å²) in [6.45, 7) is 1.23. The molecule has 6 atom stereocenters. The van der Waals surface area contributed by atoms with Gasteiger partial charge in [-0.1, -0.05) is 60.7 Å².